The Morgan fingerprint density at radius 2 is 1.91 bits per heavy atom. The highest BCUT2D eigenvalue weighted by Crippen LogP contribution is 2.28. The van der Waals surface area contributed by atoms with Crippen LogP contribution in [0, 0.1) is 6.92 Å². The van der Waals surface area contributed by atoms with Gasteiger partial charge in [0.15, 0.2) is 0 Å². The van der Waals surface area contributed by atoms with E-state index >= 15 is 0 Å². The lowest BCUT2D eigenvalue weighted by atomic mass is 10.0. The second-order valence-electron chi connectivity index (χ2n) is 4.77. The molecule has 2 aromatic rings. The van der Waals surface area contributed by atoms with Crippen molar-refractivity contribution in [2.24, 2.45) is 5.73 Å². The molecule has 0 aliphatic carbocycles. The van der Waals surface area contributed by atoms with Crippen molar-refractivity contribution < 1.29 is 13.6 Å². The van der Waals surface area contributed by atoms with Crippen LogP contribution in [-0.2, 0) is 0 Å². The van der Waals surface area contributed by atoms with Crippen molar-refractivity contribution >= 4 is 29.7 Å². The third-order valence-corrected chi connectivity index (χ3v) is 3.95. The smallest absolute Gasteiger partial charge is 0.277 e. The number of halogens is 3. The average Bonchev–Trinajstić information content (AvgIpc) is 2.95. The van der Waals surface area contributed by atoms with Gasteiger partial charge in [0.25, 0.3) is 11.8 Å². The summed E-state index contributed by atoms with van der Waals surface area (Å²) >= 11 is 1.23. The van der Waals surface area contributed by atoms with Gasteiger partial charge in [-0.15, -0.1) is 23.7 Å². The van der Waals surface area contributed by atoms with Crippen LogP contribution in [0.4, 0.5) is 8.78 Å². The molecule has 1 heterocycles. The van der Waals surface area contributed by atoms with E-state index < -0.39 is 24.9 Å². The van der Waals surface area contributed by atoms with Gasteiger partial charge in [-0.1, -0.05) is 29.8 Å². The molecule has 120 valence electrons. The summed E-state index contributed by atoms with van der Waals surface area (Å²) in [4.78, 5) is 12.5. The van der Waals surface area contributed by atoms with E-state index in [2.05, 4.69) is 5.32 Å². The summed E-state index contributed by atoms with van der Waals surface area (Å²) in [5.41, 5.74) is 7.69. The van der Waals surface area contributed by atoms with E-state index in [4.69, 9.17) is 5.73 Å². The monoisotopic (exact) mass is 346 g/mol. The number of carbonyl (C=O) groups excluding carboxylic acids is 1. The zero-order valence-corrected chi connectivity index (χ0v) is 13.6. The minimum absolute atomic E-state index is 0. The number of thiophene rings is 1. The summed E-state index contributed by atoms with van der Waals surface area (Å²) in [6.07, 6.45) is 0. The van der Waals surface area contributed by atoms with Gasteiger partial charge in [0.2, 0.25) is 0 Å². The first-order chi connectivity index (χ1) is 9.93. The number of nitrogens with two attached hydrogens (primary N) is 1. The van der Waals surface area contributed by atoms with Crippen molar-refractivity contribution in [1.82, 2.24) is 5.32 Å². The molecule has 7 heteroatoms. The van der Waals surface area contributed by atoms with Crippen LogP contribution in [0.15, 0.2) is 35.7 Å². The number of hydrogen-bond donors (Lipinski definition) is 2. The van der Waals surface area contributed by atoms with Crippen molar-refractivity contribution in [3.63, 3.8) is 0 Å². The summed E-state index contributed by atoms with van der Waals surface area (Å²) in [7, 11) is 0. The maximum absolute atomic E-state index is 13.1. The Labute approximate surface area is 137 Å². The van der Waals surface area contributed by atoms with Crippen LogP contribution < -0.4 is 11.1 Å². The van der Waals surface area contributed by atoms with Crippen LogP contribution in [0.3, 0.4) is 0 Å². The van der Waals surface area contributed by atoms with Gasteiger partial charge in [-0.3, -0.25) is 4.79 Å². The summed E-state index contributed by atoms with van der Waals surface area (Å²) in [5.74, 6) is -3.59. The van der Waals surface area contributed by atoms with Gasteiger partial charge >= 0.3 is 0 Å². The molecule has 0 aliphatic rings. The quantitative estimate of drug-likeness (QED) is 0.871. The van der Waals surface area contributed by atoms with Gasteiger partial charge in [-0.25, -0.2) is 8.78 Å². The van der Waals surface area contributed by atoms with E-state index in [0.29, 0.717) is 4.88 Å². The molecular weight excluding hydrogens is 330 g/mol. The molecule has 2 rings (SSSR count). The van der Waals surface area contributed by atoms with Crippen LogP contribution in [0.25, 0.3) is 11.1 Å². The molecule has 3 nitrogen and oxygen atoms in total. The highest BCUT2D eigenvalue weighted by atomic mass is 35.5. The van der Waals surface area contributed by atoms with Gasteiger partial charge in [-0.2, -0.15) is 0 Å². The van der Waals surface area contributed by atoms with E-state index in [9.17, 15) is 13.6 Å². The first-order valence-electron chi connectivity index (χ1n) is 6.43. The van der Waals surface area contributed by atoms with Crippen LogP contribution in [0.2, 0.25) is 0 Å². The largest absolute Gasteiger partial charge is 0.345 e. The van der Waals surface area contributed by atoms with Crippen LogP contribution in [0.1, 0.15) is 15.2 Å². The molecule has 0 bridgehead atoms. The molecule has 22 heavy (non-hydrogen) atoms. The second-order valence-corrected chi connectivity index (χ2v) is 5.69. The second kappa shape index (κ2) is 7.67. The zero-order valence-electron chi connectivity index (χ0n) is 11.9. The van der Waals surface area contributed by atoms with E-state index in [-0.39, 0.29) is 12.4 Å². The number of alkyl halides is 2. The van der Waals surface area contributed by atoms with Crippen LogP contribution >= 0.6 is 23.7 Å². The SMILES string of the molecule is Cc1ccc(-c2ccsc2C(=O)NCC(F)(F)CN)cc1.Cl. The maximum atomic E-state index is 13.1. The molecule has 0 aliphatic heterocycles. The number of hydrogen-bond acceptors (Lipinski definition) is 3. The number of nitrogens with one attached hydrogen (secondary N) is 1. The number of aryl methyl sites for hydroxylation is 1. The molecule has 1 amide bonds. The minimum atomic E-state index is -3.09. The van der Waals surface area contributed by atoms with Gasteiger partial charge in [0.1, 0.15) is 0 Å². The molecule has 0 fully saturated rings. The molecule has 0 unspecified atom stereocenters. The van der Waals surface area contributed by atoms with Crippen molar-refractivity contribution in [2.75, 3.05) is 13.1 Å². The Morgan fingerprint density at radius 3 is 2.50 bits per heavy atom. The third-order valence-electron chi connectivity index (χ3n) is 3.04. The lowest BCUT2D eigenvalue weighted by molar-refractivity contribution is 0.0119. The normalized spacial score (nSPS) is 10.9. The lowest BCUT2D eigenvalue weighted by Crippen LogP contribution is -2.41. The minimum Gasteiger partial charge on any atom is -0.345 e. The highest BCUT2D eigenvalue weighted by molar-refractivity contribution is 7.12. The van der Waals surface area contributed by atoms with Crippen molar-refractivity contribution in [3.8, 4) is 11.1 Å². The molecule has 0 spiro atoms. The summed E-state index contributed by atoms with van der Waals surface area (Å²) in [6, 6.07) is 9.51. The van der Waals surface area contributed by atoms with Gasteiger partial charge < -0.3 is 11.1 Å². The first-order valence-corrected chi connectivity index (χ1v) is 7.31. The number of benzene rings is 1. The Morgan fingerprint density at radius 1 is 1.27 bits per heavy atom. The van der Waals surface area contributed by atoms with E-state index in [0.717, 1.165) is 16.7 Å². The van der Waals surface area contributed by atoms with Crippen LogP contribution in [-0.4, -0.2) is 24.9 Å². The number of rotatable bonds is 5. The van der Waals surface area contributed by atoms with Crippen molar-refractivity contribution in [3.05, 3.63) is 46.2 Å². The standard InChI is InChI=1S/C15H16F2N2OS.ClH/c1-10-2-4-11(5-3-10)12-6-7-21-13(12)14(20)19-9-15(16,17)8-18;/h2-7H,8-9,18H2,1H3,(H,19,20);1H. The molecular formula is C15H17ClF2N2OS. The Kier molecular flexibility index (Phi) is 6.47. The highest BCUT2D eigenvalue weighted by Gasteiger charge is 2.28. The van der Waals surface area contributed by atoms with Gasteiger partial charge in [0, 0.05) is 5.56 Å². The van der Waals surface area contributed by atoms with E-state index in [1.54, 1.807) is 5.38 Å². The van der Waals surface area contributed by atoms with Gasteiger partial charge in [0.05, 0.1) is 18.0 Å². The predicted molar refractivity (Wildman–Crippen MR) is 88.1 cm³/mol. The lowest BCUT2D eigenvalue weighted by Gasteiger charge is -2.14. The summed E-state index contributed by atoms with van der Waals surface area (Å²) in [5, 5.41) is 4.01. The molecule has 1 aromatic heterocycles. The van der Waals surface area contributed by atoms with Gasteiger partial charge in [-0.05, 0) is 23.9 Å². The molecule has 0 atom stereocenters. The molecule has 3 N–H and O–H groups in total. The molecule has 0 radical (unpaired) electrons. The number of carbonyl (C=O) groups is 1. The fourth-order valence-electron chi connectivity index (χ4n) is 1.81. The van der Waals surface area contributed by atoms with E-state index in [1.807, 2.05) is 37.3 Å². The maximum Gasteiger partial charge on any atom is 0.277 e. The fraction of sp³-hybridized carbons (Fsp3) is 0.267. The van der Waals surface area contributed by atoms with Crippen LogP contribution in [0.5, 0.6) is 0 Å². The fourth-order valence-corrected chi connectivity index (χ4v) is 2.64. The Bertz CT molecular complexity index is 629. The Hall–Kier alpha value is -1.50. The molecule has 1 aromatic carbocycles. The predicted octanol–water partition coefficient (Wildman–Crippen LogP) is 3.47. The summed E-state index contributed by atoms with van der Waals surface area (Å²) in [6.45, 7) is 0.427. The first kappa shape index (κ1) is 18.5. The van der Waals surface area contributed by atoms with Crippen molar-refractivity contribution in [1.29, 1.82) is 0 Å². The third kappa shape index (κ3) is 4.50. The topological polar surface area (TPSA) is 55.1 Å². The zero-order chi connectivity index (χ0) is 15.5. The number of amides is 1. The molecule has 0 saturated heterocycles. The van der Waals surface area contributed by atoms with Crippen molar-refractivity contribution in [2.45, 2.75) is 12.8 Å². The summed E-state index contributed by atoms with van der Waals surface area (Å²) < 4.78 is 26.2. The Balaban J connectivity index is 0.00000242. The molecule has 0 saturated carbocycles. The van der Waals surface area contributed by atoms with E-state index in [1.165, 1.54) is 11.3 Å². The average molecular weight is 347 g/mol.